The topological polar surface area (TPSA) is 125 Å². The molecule has 192 valence electrons. The lowest BCUT2D eigenvalue weighted by Crippen LogP contribution is -2.60. The van der Waals surface area contributed by atoms with Gasteiger partial charge in [0.25, 0.3) is 5.91 Å². The zero-order chi connectivity index (χ0) is 26.1. The second kappa shape index (κ2) is 10.3. The minimum atomic E-state index is -1.01. The summed E-state index contributed by atoms with van der Waals surface area (Å²) in [6.45, 7) is 4.62. The molecule has 0 saturated carbocycles. The Kier molecular flexibility index (Phi) is 6.96. The lowest BCUT2D eigenvalue weighted by atomic mass is 10.1. The number of nitrogens with one attached hydrogen (secondary N) is 2. The number of aromatic nitrogens is 4. The molecule has 3 aromatic heterocycles. The van der Waals surface area contributed by atoms with Gasteiger partial charge < -0.3 is 20.5 Å². The van der Waals surface area contributed by atoms with Gasteiger partial charge in [0.2, 0.25) is 5.95 Å². The van der Waals surface area contributed by atoms with Gasteiger partial charge in [-0.3, -0.25) is 14.7 Å². The van der Waals surface area contributed by atoms with E-state index in [1.165, 1.54) is 17.4 Å². The molecule has 1 aliphatic rings. The van der Waals surface area contributed by atoms with Crippen molar-refractivity contribution in [1.29, 1.82) is 0 Å². The Morgan fingerprint density at radius 3 is 2.81 bits per heavy atom. The van der Waals surface area contributed by atoms with Crippen molar-refractivity contribution in [2.24, 2.45) is 0 Å². The SMILES string of the molecule is COc1cccc(C(=O)NC2CN(C(O)c3nc(NC(C)c4cncc(F)c4)nc4nc(C)sc34)C2)c1. The fourth-order valence-corrected chi connectivity index (χ4v) is 5.01. The first-order chi connectivity index (χ1) is 17.8. The van der Waals surface area contributed by atoms with E-state index in [0.29, 0.717) is 46.0 Å². The van der Waals surface area contributed by atoms with Crippen LogP contribution in [-0.4, -0.2) is 62.1 Å². The zero-order valence-corrected chi connectivity index (χ0v) is 21.3. The minimum Gasteiger partial charge on any atom is -0.497 e. The van der Waals surface area contributed by atoms with Crippen molar-refractivity contribution in [2.45, 2.75) is 32.2 Å². The third-order valence-electron chi connectivity index (χ3n) is 6.13. The molecule has 12 heteroatoms. The fraction of sp³-hybridized carbons (Fsp3) is 0.320. The molecule has 3 N–H and O–H groups in total. The van der Waals surface area contributed by atoms with E-state index >= 15 is 0 Å². The summed E-state index contributed by atoms with van der Waals surface area (Å²) in [5.41, 5.74) is 2.05. The Balaban J connectivity index is 1.29. The Morgan fingerprint density at radius 1 is 1.24 bits per heavy atom. The van der Waals surface area contributed by atoms with Crippen LogP contribution in [-0.2, 0) is 0 Å². The highest BCUT2D eigenvalue weighted by molar-refractivity contribution is 7.18. The molecule has 2 atom stereocenters. The predicted octanol–water partition coefficient (Wildman–Crippen LogP) is 3.22. The van der Waals surface area contributed by atoms with Crippen molar-refractivity contribution in [3.63, 3.8) is 0 Å². The van der Waals surface area contributed by atoms with Crippen LogP contribution in [0.5, 0.6) is 5.75 Å². The summed E-state index contributed by atoms with van der Waals surface area (Å²) in [4.78, 5) is 31.9. The van der Waals surface area contributed by atoms with Crippen molar-refractivity contribution >= 4 is 33.5 Å². The lowest BCUT2D eigenvalue weighted by molar-refractivity contribution is -0.0536. The highest BCUT2D eigenvalue weighted by atomic mass is 32.1. The number of likely N-dealkylation sites (tertiary alicyclic amines) is 1. The average Bonchev–Trinajstić information content (AvgIpc) is 3.24. The highest BCUT2D eigenvalue weighted by Gasteiger charge is 2.35. The number of hydrogen-bond donors (Lipinski definition) is 3. The standard InChI is InChI=1S/C25H26FN7O3S/c1-13(16-7-17(26)10-27-9-16)28-25-31-20(21-22(32-25)29-14(2)37-21)24(35)33-11-18(12-33)30-23(34)15-5-4-6-19(8-15)36-3/h4-10,13,18,24,35H,11-12H2,1-3H3,(H,30,34)(H,28,31,32). The third-order valence-corrected chi connectivity index (χ3v) is 7.11. The quantitative estimate of drug-likeness (QED) is 0.319. The van der Waals surface area contributed by atoms with Crippen LogP contribution in [0.4, 0.5) is 10.3 Å². The number of carbonyl (C=O) groups excluding carboxylic acids is 1. The smallest absolute Gasteiger partial charge is 0.251 e. The highest BCUT2D eigenvalue weighted by Crippen LogP contribution is 2.32. The molecule has 0 spiro atoms. The van der Waals surface area contributed by atoms with Crippen molar-refractivity contribution < 1.29 is 19.0 Å². The maximum atomic E-state index is 13.6. The molecular weight excluding hydrogens is 497 g/mol. The van der Waals surface area contributed by atoms with Crippen LogP contribution in [0.2, 0.25) is 0 Å². The van der Waals surface area contributed by atoms with Crippen LogP contribution in [0, 0.1) is 12.7 Å². The van der Waals surface area contributed by atoms with Gasteiger partial charge in [0.1, 0.15) is 17.3 Å². The van der Waals surface area contributed by atoms with E-state index in [9.17, 15) is 14.3 Å². The third kappa shape index (κ3) is 5.36. The normalized spacial score (nSPS) is 15.7. The van der Waals surface area contributed by atoms with E-state index in [1.54, 1.807) is 37.6 Å². The predicted molar refractivity (Wildman–Crippen MR) is 137 cm³/mol. The number of carbonyl (C=O) groups is 1. The van der Waals surface area contributed by atoms with E-state index in [4.69, 9.17) is 4.74 Å². The zero-order valence-electron chi connectivity index (χ0n) is 20.5. The number of rotatable bonds is 8. The van der Waals surface area contributed by atoms with E-state index < -0.39 is 12.0 Å². The molecule has 0 bridgehead atoms. The fourth-order valence-electron chi connectivity index (χ4n) is 4.14. The van der Waals surface area contributed by atoms with Gasteiger partial charge in [-0.25, -0.2) is 14.4 Å². The Bertz CT molecular complexity index is 1440. The number of nitrogens with zero attached hydrogens (tertiary/aromatic N) is 5. The van der Waals surface area contributed by atoms with Crippen LogP contribution >= 0.6 is 11.3 Å². The van der Waals surface area contributed by atoms with Crippen molar-refractivity contribution in [1.82, 2.24) is 30.2 Å². The summed E-state index contributed by atoms with van der Waals surface area (Å²) in [7, 11) is 1.55. The molecule has 10 nitrogen and oxygen atoms in total. The number of hydrogen-bond acceptors (Lipinski definition) is 10. The maximum absolute atomic E-state index is 13.6. The van der Waals surface area contributed by atoms with Gasteiger partial charge in [-0.15, -0.1) is 11.3 Å². The van der Waals surface area contributed by atoms with Gasteiger partial charge in [0.15, 0.2) is 11.9 Å². The van der Waals surface area contributed by atoms with Crippen LogP contribution in [0.1, 0.15) is 45.8 Å². The molecule has 37 heavy (non-hydrogen) atoms. The van der Waals surface area contributed by atoms with Crippen molar-refractivity contribution in [2.75, 3.05) is 25.5 Å². The first kappa shape index (κ1) is 24.9. The van der Waals surface area contributed by atoms with Crippen molar-refractivity contribution in [3.05, 3.63) is 70.4 Å². The molecular formula is C25H26FN7O3S. The molecule has 4 aromatic rings. The summed E-state index contributed by atoms with van der Waals surface area (Å²) < 4.78 is 19.5. The van der Waals surface area contributed by atoms with Crippen molar-refractivity contribution in [3.8, 4) is 5.75 Å². The number of pyridine rings is 1. The maximum Gasteiger partial charge on any atom is 0.251 e. The Hall–Kier alpha value is -3.74. The molecule has 0 radical (unpaired) electrons. The van der Waals surface area contributed by atoms with Gasteiger partial charge >= 0.3 is 0 Å². The molecule has 2 unspecified atom stereocenters. The Morgan fingerprint density at radius 2 is 2.05 bits per heavy atom. The number of benzene rings is 1. The second-order valence-corrected chi connectivity index (χ2v) is 10.1. The summed E-state index contributed by atoms with van der Waals surface area (Å²) in [6, 6.07) is 7.89. The number of aliphatic hydroxyl groups excluding tert-OH is 1. The number of methoxy groups -OCH3 is 1. The summed E-state index contributed by atoms with van der Waals surface area (Å²) in [5, 5.41) is 18.1. The molecule has 4 heterocycles. The van der Waals surface area contributed by atoms with Crippen LogP contribution in [0.15, 0.2) is 42.7 Å². The van der Waals surface area contributed by atoms with Gasteiger partial charge in [-0.2, -0.15) is 4.98 Å². The molecule has 1 amide bonds. The number of aryl methyl sites for hydroxylation is 1. The number of thiazole rings is 1. The number of amides is 1. The summed E-state index contributed by atoms with van der Waals surface area (Å²) in [5.74, 6) is 0.248. The number of aliphatic hydroxyl groups is 1. The van der Waals surface area contributed by atoms with Gasteiger partial charge in [-0.1, -0.05) is 6.07 Å². The largest absolute Gasteiger partial charge is 0.497 e. The van der Waals surface area contributed by atoms with E-state index in [0.717, 1.165) is 11.2 Å². The Labute approximate surface area is 216 Å². The molecule has 1 aliphatic heterocycles. The first-order valence-electron chi connectivity index (χ1n) is 11.7. The van der Waals surface area contributed by atoms with E-state index in [-0.39, 0.29) is 23.9 Å². The summed E-state index contributed by atoms with van der Waals surface area (Å²) >= 11 is 1.41. The second-order valence-electron chi connectivity index (χ2n) is 8.85. The molecule has 1 saturated heterocycles. The number of anilines is 1. The van der Waals surface area contributed by atoms with Crippen LogP contribution < -0.4 is 15.4 Å². The van der Waals surface area contributed by atoms with Gasteiger partial charge in [0, 0.05) is 24.8 Å². The molecule has 5 rings (SSSR count). The average molecular weight is 524 g/mol. The molecule has 1 fully saturated rings. The van der Waals surface area contributed by atoms with E-state index in [1.807, 2.05) is 18.7 Å². The molecule has 0 aliphatic carbocycles. The molecule has 1 aromatic carbocycles. The summed E-state index contributed by atoms with van der Waals surface area (Å²) in [6.07, 6.45) is 1.70. The van der Waals surface area contributed by atoms with Gasteiger partial charge in [0.05, 0.1) is 35.1 Å². The number of fused-ring (bicyclic) bond motifs is 1. The van der Waals surface area contributed by atoms with E-state index in [2.05, 4.69) is 30.6 Å². The monoisotopic (exact) mass is 523 g/mol. The van der Waals surface area contributed by atoms with Crippen LogP contribution in [0.3, 0.4) is 0 Å². The van der Waals surface area contributed by atoms with Crippen LogP contribution in [0.25, 0.3) is 10.3 Å². The minimum absolute atomic E-state index is 0.119. The number of halogens is 1. The lowest BCUT2D eigenvalue weighted by Gasteiger charge is -2.42. The number of ether oxygens (including phenoxy) is 1. The first-order valence-corrected chi connectivity index (χ1v) is 12.5. The van der Waals surface area contributed by atoms with Gasteiger partial charge in [-0.05, 0) is 43.7 Å².